The van der Waals surface area contributed by atoms with Crippen molar-refractivity contribution in [3.05, 3.63) is 30.0 Å². The molecular formula is C26H38F2N6O2S. The third-order valence-electron chi connectivity index (χ3n) is 6.90. The minimum absolute atomic E-state index is 0.127. The highest BCUT2D eigenvalue weighted by molar-refractivity contribution is 7.99. The maximum Gasteiger partial charge on any atom is 0.293 e. The van der Waals surface area contributed by atoms with Gasteiger partial charge < -0.3 is 25.6 Å². The molecule has 3 aliphatic heterocycles. The normalized spacial score (nSPS) is 18.9. The topological polar surface area (TPSA) is 96.6 Å². The lowest BCUT2D eigenvalue weighted by Crippen LogP contribution is -2.41. The van der Waals surface area contributed by atoms with E-state index in [1.807, 2.05) is 13.8 Å². The molecule has 1 aromatic carbocycles. The number of carbonyl (C=O) groups is 1. The quantitative estimate of drug-likeness (QED) is 0.579. The third kappa shape index (κ3) is 5.99. The van der Waals surface area contributed by atoms with E-state index in [2.05, 4.69) is 20.9 Å². The van der Waals surface area contributed by atoms with Gasteiger partial charge in [-0.15, -0.1) is 0 Å². The smallest absolute Gasteiger partial charge is 0.293 e. The zero-order valence-corrected chi connectivity index (χ0v) is 23.1. The third-order valence-corrected chi connectivity index (χ3v) is 7.95. The number of nitrogens with two attached hydrogens (primary N) is 1. The van der Waals surface area contributed by atoms with Crippen LogP contribution in [0.2, 0.25) is 0 Å². The number of nitrogens with one attached hydrogen (secondary N) is 1. The Balaban J connectivity index is 0.000000907. The Bertz CT molecular complexity index is 1070. The number of hydrogen-bond donors (Lipinski definition) is 2. The van der Waals surface area contributed by atoms with E-state index in [4.69, 9.17) is 9.72 Å². The van der Waals surface area contributed by atoms with Crippen LogP contribution in [0.5, 0.6) is 0 Å². The molecule has 0 unspecified atom stereocenters. The van der Waals surface area contributed by atoms with Crippen LogP contribution in [-0.4, -0.2) is 62.8 Å². The van der Waals surface area contributed by atoms with Gasteiger partial charge in [0.25, 0.3) is 5.92 Å². The molecule has 2 saturated heterocycles. The van der Waals surface area contributed by atoms with Crippen molar-refractivity contribution in [2.75, 3.05) is 62.1 Å². The number of aromatic nitrogens is 2. The molecule has 37 heavy (non-hydrogen) atoms. The lowest BCUT2D eigenvalue weighted by molar-refractivity contribution is -0.117. The summed E-state index contributed by atoms with van der Waals surface area (Å²) in [6, 6.07) is 4.90. The first-order chi connectivity index (χ1) is 17.8. The number of halogens is 2. The van der Waals surface area contributed by atoms with Crippen LogP contribution in [0.1, 0.15) is 45.6 Å². The van der Waals surface area contributed by atoms with Crippen LogP contribution in [0.3, 0.4) is 0 Å². The van der Waals surface area contributed by atoms with Gasteiger partial charge >= 0.3 is 0 Å². The molecule has 0 atom stereocenters. The monoisotopic (exact) mass is 536 g/mol. The summed E-state index contributed by atoms with van der Waals surface area (Å²) < 4.78 is 35.3. The zero-order valence-electron chi connectivity index (χ0n) is 22.3. The number of piperidine rings is 1. The second-order valence-corrected chi connectivity index (χ2v) is 10.0. The van der Waals surface area contributed by atoms with Gasteiger partial charge in [0.1, 0.15) is 10.8 Å². The van der Waals surface area contributed by atoms with E-state index in [1.54, 1.807) is 31.4 Å². The second-order valence-electron chi connectivity index (χ2n) is 8.98. The van der Waals surface area contributed by atoms with Gasteiger partial charge in [0.15, 0.2) is 5.82 Å². The summed E-state index contributed by atoms with van der Waals surface area (Å²) in [5.41, 5.74) is 4.93. The molecule has 2 fully saturated rings. The molecule has 8 nitrogen and oxygen atoms in total. The maximum atomic E-state index is 14.9. The number of hydrogen-bond acceptors (Lipinski definition) is 8. The van der Waals surface area contributed by atoms with Crippen molar-refractivity contribution >= 4 is 35.0 Å². The Labute approximate surface area is 222 Å². The molecule has 1 aromatic heterocycles. The fourth-order valence-corrected chi connectivity index (χ4v) is 6.02. The summed E-state index contributed by atoms with van der Waals surface area (Å²) >= 11 is 1.14. The standard InChI is InChI=1S/C23H27F2N5O2S.C2H6.CH5N/c1-15(31)30-13-23(24,25)19-16(30)4-3-5-17(19)33-21-20(26-2)28-18(12-27-21)29-9-6-22(7-10-29)8-11-32-14-22;2*1-2/h3-5,12H,6-11,13-14H2,1-2H3,(H,26,28);1-2H3;2H2,1H3. The van der Waals surface area contributed by atoms with Crippen molar-refractivity contribution in [2.24, 2.45) is 11.1 Å². The molecule has 1 spiro atoms. The van der Waals surface area contributed by atoms with Gasteiger partial charge in [0, 0.05) is 38.6 Å². The number of nitrogens with zero attached hydrogens (tertiary/aromatic N) is 4. The number of fused-ring (bicyclic) bond motifs is 1. The number of rotatable bonds is 4. The number of amides is 1. The van der Waals surface area contributed by atoms with E-state index in [1.165, 1.54) is 14.0 Å². The van der Waals surface area contributed by atoms with Gasteiger partial charge in [-0.2, -0.15) is 8.78 Å². The van der Waals surface area contributed by atoms with E-state index in [0.29, 0.717) is 21.2 Å². The van der Waals surface area contributed by atoms with E-state index in [9.17, 15) is 13.6 Å². The van der Waals surface area contributed by atoms with Crippen molar-refractivity contribution in [1.82, 2.24) is 9.97 Å². The molecular weight excluding hydrogens is 498 g/mol. The fraction of sp³-hybridized carbons (Fsp3) is 0.577. The van der Waals surface area contributed by atoms with Crippen molar-refractivity contribution < 1.29 is 18.3 Å². The molecule has 4 heterocycles. The van der Waals surface area contributed by atoms with Crippen LogP contribution in [0, 0.1) is 5.41 Å². The number of carbonyl (C=O) groups excluding carboxylic acids is 1. The van der Waals surface area contributed by atoms with Crippen LogP contribution < -0.4 is 20.9 Å². The van der Waals surface area contributed by atoms with Crippen LogP contribution >= 0.6 is 11.8 Å². The molecule has 2 aromatic rings. The number of benzene rings is 1. The Morgan fingerprint density at radius 1 is 1.19 bits per heavy atom. The predicted octanol–water partition coefficient (Wildman–Crippen LogP) is 4.74. The molecule has 1 amide bonds. The summed E-state index contributed by atoms with van der Waals surface area (Å²) in [5.74, 6) is -2.19. The number of anilines is 3. The average Bonchev–Trinajstić information content (AvgIpc) is 3.49. The molecule has 3 N–H and O–H groups in total. The average molecular weight is 537 g/mol. The molecule has 11 heteroatoms. The lowest BCUT2D eigenvalue weighted by atomic mass is 9.78. The molecule has 0 saturated carbocycles. The molecule has 5 rings (SSSR count). The van der Waals surface area contributed by atoms with E-state index in [0.717, 1.165) is 68.0 Å². The van der Waals surface area contributed by atoms with Crippen LogP contribution in [0.4, 0.5) is 26.1 Å². The van der Waals surface area contributed by atoms with Crippen LogP contribution in [-0.2, 0) is 15.5 Å². The molecule has 0 aliphatic carbocycles. The van der Waals surface area contributed by atoms with E-state index < -0.39 is 18.4 Å². The summed E-state index contributed by atoms with van der Waals surface area (Å²) in [5, 5.41) is 3.58. The van der Waals surface area contributed by atoms with Crippen molar-refractivity contribution in [3.8, 4) is 0 Å². The largest absolute Gasteiger partial charge is 0.381 e. The number of alkyl halides is 2. The fourth-order valence-electron chi connectivity index (χ4n) is 4.96. The Kier molecular flexibility index (Phi) is 9.71. The molecule has 3 aliphatic rings. The summed E-state index contributed by atoms with van der Waals surface area (Å²) in [7, 11) is 3.25. The van der Waals surface area contributed by atoms with Gasteiger partial charge in [-0.1, -0.05) is 31.7 Å². The highest BCUT2D eigenvalue weighted by Crippen LogP contribution is 2.49. The lowest BCUT2D eigenvalue weighted by Gasteiger charge is -2.38. The van der Waals surface area contributed by atoms with E-state index in [-0.39, 0.29) is 11.3 Å². The first-order valence-corrected chi connectivity index (χ1v) is 13.6. The minimum Gasteiger partial charge on any atom is -0.381 e. The second kappa shape index (κ2) is 12.4. The predicted molar refractivity (Wildman–Crippen MR) is 145 cm³/mol. The Morgan fingerprint density at radius 2 is 1.89 bits per heavy atom. The van der Waals surface area contributed by atoms with Crippen molar-refractivity contribution in [2.45, 2.75) is 55.9 Å². The summed E-state index contributed by atoms with van der Waals surface area (Å²) in [6.45, 7) is 8.15. The first kappa shape index (κ1) is 29.1. The minimum atomic E-state index is -3.12. The molecule has 0 bridgehead atoms. The van der Waals surface area contributed by atoms with Gasteiger partial charge in [0.05, 0.1) is 30.6 Å². The van der Waals surface area contributed by atoms with Gasteiger partial charge in [-0.25, -0.2) is 9.97 Å². The summed E-state index contributed by atoms with van der Waals surface area (Å²) in [4.78, 5) is 24.9. The molecule has 204 valence electrons. The number of ether oxygens (including phenoxy) is 1. The van der Waals surface area contributed by atoms with Gasteiger partial charge in [-0.05, 0) is 43.9 Å². The maximum absolute atomic E-state index is 14.9. The first-order valence-electron chi connectivity index (χ1n) is 12.7. The summed E-state index contributed by atoms with van der Waals surface area (Å²) in [6.07, 6.45) is 4.97. The zero-order chi connectivity index (χ0) is 27.2. The highest BCUT2D eigenvalue weighted by Gasteiger charge is 2.47. The molecule has 0 radical (unpaired) electrons. The van der Waals surface area contributed by atoms with Gasteiger partial charge in [0.2, 0.25) is 5.91 Å². The van der Waals surface area contributed by atoms with Crippen LogP contribution in [0.25, 0.3) is 0 Å². The van der Waals surface area contributed by atoms with Crippen molar-refractivity contribution in [1.29, 1.82) is 0 Å². The Hall–Kier alpha value is -2.50. The Morgan fingerprint density at radius 3 is 2.49 bits per heavy atom. The highest BCUT2D eigenvalue weighted by atomic mass is 32.2. The van der Waals surface area contributed by atoms with E-state index >= 15 is 0 Å². The van der Waals surface area contributed by atoms with Gasteiger partial charge in [-0.3, -0.25) is 4.79 Å². The van der Waals surface area contributed by atoms with Crippen molar-refractivity contribution in [3.63, 3.8) is 0 Å². The van der Waals surface area contributed by atoms with Crippen LogP contribution in [0.15, 0.2) is 34.3 Å². The SMILES string of the molecule is CC.CN.CNc1nc(N2CCC3(CCOC3)CC2)cnc1Sc1cccc2c1C(F)(F)CN2C(C)=O.